The average Bonchev–Trinajstić information content (AvgIpc) is 3.35. The predicted molar refractivity (Wildman–Crippen MR) is 147 cm³/mol. The lowest BCUT2D eigenvalue weighted by atomic mass is 10.2. The van der Waals surface area contributed by atoms with E-state index in [1.165, 1.54) is 11.8 Å². The summed E-state index contributed by atoms with van der Waals surface area (Å²) in [6.45, 7) is 0. The molecule has 1 aliphatic heterocycles. The van der Waals surface area contributed by atoms with Crippen LogP contribution in [-0.4, -0.2) is 26.4 Å². The topological polar surface area (TPSA) is 51.0 Å². The van der Waals surface area contributed by atoms with Crippen LogP contribution in [0.25, 0.3) is 17.1 Å². The molecule has 5 nitrogen and oxygen atoms in total. The first-order valence-corrected chi connectivity index (χ1v) is 13.5. The maximum absolute atomic E-state index is 13.7. The molecule has 0 fully saturated rings. The monoisotopic (exact) mass is 526 g/mol. The summed E-state index contributed by atoms with van der Waals surface area (Å²) in [5, 5.41) is 10.2. The first kappa shape index (κ1) is 22.9. The van der Waals surface area contributed by atoms with Crippen molar-refractivity contribution in [1.29, 1.82) is 0 Å². The Labute approximate surface area is 222 Å². The Morgan fingerprint density at radius 3 is 2.06 bits per heavy atom. The highest BCUT2D eigenvalue weighted by Crippen LogP contribution is 2.48. The molecule has 0 atom stereocenters. The highest BCUT2D eigenvalue weighted by Gasteiger charge is 2.28. The van der Waals surface area contributed by atoms with Crippen molar-refractivity contribution in [3.05, 3.63) is 108 Å². The summed E-state index contributed by atoms with van der Waals surface area (Å²) in [6, 6.07) is 33.4. The van der Waals surface area contributed by atoms with Crippen LogP contribution in [0.2, 0.25) is 5.02 Å². The molecule has 0 saturated heterocycles. The van der Waals surface area contributed by atoms with E-state index in [0.717, 1.165) is 32.4 Å². The van der Waals surface area contributed by atoms with Crippen LogP contribution in [0.15, 0.2) is 118 Å². The lowest BCUT2D eigenvalue weighted by Gasteiger charge is -2.30. The number of hydrogen-bond acceptors (Lipinski definition) is 5. The molecular weight excluding hydrogens is 508 g/mol. The fraction of sp³-hybridized carbons (Fsp3) is 0.0357. The predicted octanol–water partition coefficient (Wildman–Crippen LogP) is 7.51. The number of anilines is 2. The van der Waals surface area contributed by atoms with Gasteiger partial charge in [0.1, 0.15) is 0 Å². The summed E-state index contributed by atoms with van der Waals surface area (Å²) < 4.78 is 1.98. The van der Waals surface area contributed by atoms with Gasteiger partial charge in [-0.3, -0.25) is 14.3 Å². The lowest BCUT2D eigenvalue weighted by Crippen LogP contribution is -2.30. The number of para-hydroxylation sites is 3. The summed E-state index contributed by atoms with van der Waals surface area (Å²) in [7, 11) is 0. The van der Waals surface area contributed by atoms with E-state index >= 15 is 0 Å². The van der Waals surface area contributed by atoms with Crippen LogP contribution in [0.1, 0.15) is 0 Å². The molecule has 0 saturated carbocycles. The second-order valence-corrected chi connectivity index (χ2v) is 10.5. The van der Waals surface area contributed by atoms with Crippen LogP contribution < -0.4 is 4.90 Å². The minimum atomic E-state index is -0.0177. The number of halogens is 1. The van der Waals surface area contributed by atoms with Crippen LogP contribution in [0.5, 0.6) is 0 Å². The Balaban J connectivity index is 1.34. The molecule has 4 aromatic carbocycles. The minimum absolute atomic E-state index is 0.0177. The molecule has 0 bridgehead atoms. The smallest absolute Gasteiger partial charge is 0.242 e. The number of carbonyl (C=O) groups excluding carboxylic acids is 1. The van der Waals surface area contributed by atoms with Crippen molar-refractivity contribution in [2.24, 2.45) is 0 Å². The molecule has 0 unspecified atom stereocenters. The van der Waals surface area contributed by atoms with E-state index in [1.807, 2.05) is 113 Å². The summed E-state index contributed by atoms with van der Waals surface area (Å²) in [6.07, 6.45) is 0. The zero-order chi connectivity index (χ0) is 24.5. The van der Waals surface area contributed by atoms with Gasteiger partial charge in [-0.2, -0.15) is 0 Å². The zero-order valence-electron chi connectivity index (χ0n) is 18.9. The van der Waals surface area contributed by atoms with Gasteiger partial charge in [0.25, 0.3) is 0 Å². The number of hydrogen-bond donors (Lipinski definition) is 0. The quantitative estimate of drug-likeness (QED) is 0.222. The first-order chi connectivity index (χ1) is 17.7. The molecule has 5 aromatic rings. The normalized spacial score (nSPS) is 12.2. The zero-order valence-corrected chi connectivity index (χ0v) is 21.3. The number of nitrogens with zero attached hydrogens (tertiary/aromatic N) is 4. The third-order valence-corrected chi connectivity index (χ3v) is 8.05. The largest absolute Gasteiger partial charge is 0.278 e. The van der Waals surface area contributed by atoms with E-state index in [-0.39, 0.29) is 11.7 Å². The van der Waals surface area contributed by atoms with E-state index in [1.54, 1.807) is 11.8 Å². The number of thioether (sulfide) groups is 1. The molecule has 0 N–H and O–H groups in total. The Bertz CT molecular complexity index is 1510. The van der Waals surface area contributed by atoms with E-state index in [2.05, 4.69) is 10.2 Å². The molecule has 176 valence electrons. The maximum atomic E-state index is 13.7. The summed E-state index contributed by atoms with van der Waals surface area (Å²) in [5.74, 6) is 0.882. The average molecular weight is 527 g/mol. The highest BCUT2D eigenvalue weighted by atomic mass is 35.5. The SMILES string of the molecule is O=C(CSc1nnc(-c2ccc(Cl)cc2)n1-c1ccccc1)N1c2ccccc2Sc2ccccc21. The van der Waals surface area contributed by atoms with Crippen molar-refractivity contribution in [3.8, 4) is 17.1 Å². The molecule has 0 spiro atoms. The van der Waals surface area contributed by atoms with Gasteiger partial charge in [-0.15, -0.1) is 10.2 Å². The van der Waals surface area contributed by atoms with Gasteiger partial charge in [-0.25, -0.2) is 0 Å². The van der Waals surface area contributed by atoms with E-state index in [0.29, 0.717) is 16.0 Å². The Hall–Kier alpha value is -3.52. The number of carbonyl (C=O) groups is 1. The van der Waals surface area contributed by atoms with Crippen LogP contribution in [-0.2, 0) is 4.79 Å². The lowest BCUT2D eigenvalue weighted by molar-refractivity contribution is -0.115. The maximum Gasteiger partial charge on any atom is 0.242 e. The number of amides is 1. The summed E-state index contributed by atoms with van der Waals surface area (Å²) >= 11 is 9.16. The van der Waals surface area contributed by atoms with Crippen molar-refractivity contribution in [3.63, 3.8) is 0 Å². The number of benzene rings is 4. The first-order valence-electron chi connectivity index (χ1n) is 11.3. The van der Waals surface area contributed by atoms with Crippen molar-refractivity contribution < 1.29 is 4.79 Å². The molecule has 36 heavy (non-hydrogen) atoms. The molecule has 8 heteroatoms. The van der Waals surface area contributed by atoms with E-state index < -0.39 is 0 Å². The van der Waals surface area contributed by atoms with Crippen molar-refractivity contribution in [2.75, 3.05) is 10.7 Å². The van der Waals surface area contributed by atoms with Gasteiger partial charge in [-0.05, 0) is 60.7 Å². The van der Waals surface area contributed by atoms with Gasteiger partial charge in [-0.1, -0.05) is 77.6 Å². The van der Waals surface area contributed by atoms with Crippen LogP contribution in [0.4, 0.5) is 11.4 Å². The van der Waals surface area contributed by atoms with Gasteiger partial charge in [0, 0.05) is 26.1 Å². The molecule has 1 aromatic heterocycles. The van der Waals surface area contributed by atoms with Crippen molar-refractivity contribution in [1.82, 2.24) is 14.8 Å². The summed E-state index contributed by atoms with van der Waals surface area (Å²) in [4.78, 5) is 17.6. The van der Waals surface area contributed by atoms with Crippen molar-refractivity contribution >= 4 is 52.4 Å². The van der Waals surface area contributed by atoms with Gasteiger partial charge in [0.05, 0.1) is 17.1 Å². The molecule has 6 rings (SSSR count). The number of fused-ring (bicyclic) bond motifs is 2. The van der Waals surface area contributed by atoms with Gasteiger partial charge in [0.2, 0.25) is 5.91 Å². The molecular formula is C28H19ClN4OS2. The molecule has 1 amide bonds. The van der Waals surface area contributed by atoms with E-state index in [4.69, 9.17) is 11.6 Å². The van der Waals surface area contributed by atoms with Crippen molar-refractivity contribution in [2.45, 2.75) is 14.9 Å². The third-order valence-electron chi connectivity index (χ3n) is 5.76. The Kier molecular flexibility index (Phi) is 6.27. The van der Waals surface area contributed by atoms with Crippen LogP contribution in [0, 0.1) is 0 Å². The van der Waals surface area contributed by atoms with Gasteiger partial charge < -0.3 is 0 Å². The standard InChI is InChI=1S/C28H19ClN4OS2/c29-20-16-14-19(15-17-20)27-30-31-28(32(27)21-8-2-1-3-9-21)35-18-26(34)33-22-10-4-6-12-24(22)36-25-13-7-5-11-23(25)33/h1-17H,18H2. The Morgan fingerprint density at radius 2 is 1.39 bits per heavy atom. The molecule has 0 aliphatic carbocycles. The fourth-order valence-electron chi connectivity index (χ4n) is 4.12. The molecule has 0 radical (unpaired) electrons. The second kappa shape index (κ2) is 9.85. The number of aromatic nitrogens is 3. The minimum Gasteiger partial charge on any atom is -0.278 e. The highest BCUT2D eigenvalue weighted by molar-refractivity contribution is 8.00. The fourth-order valence-corrected chi connectivity index (χ4v) is 6.11. The molecule has 2 heterocycles. The van der Waals surface area contributed by atoms with E-state index in [9.17, 15) is 4.79 Å². The van der Waals surface area contributed by atoms with Gasteiger partial charge in [0.15, 0.2) is 11.0 Å². The second-order valence-electron chi connectivity index (χ2n) is 8.04. The van der Waals surface area contributed by atoms with Gasteiger partial charge >= 0.3 is 0 Å². The van der Waals surface area contributed by atoms with Crippen LogP contribution in [0.3, 0.4) is 0 Å². The van der Waals surface area contributed by atoms with Crippen LogP contribution >= 0.6 is 35.1 Å². The Morgan fingerprint density at radius 1 is 0.778 bits per heavy atom. The summed E-state index contributed by atoms with van der Waals surface area (Å²) in [5.41, 5.74) is 3.62. The molecule has 1 aliphatic rings. The third kappa shape index (κ3) is 4.30. The number of rotatable bonds is 5.